The smallest absolute Gasteiger partial charge is 0.282 e. The molecule has 4 rings (SSSR count). The highest BCUT2D eigenvalue weighted by Gasteiger charge is 2.44. The van der Waals surface area contributed by atoms with Crippen LogP contribution in [0.2, 0.25) is 0 Å². The molecule has 7 heteroatoms. The molecule has 2 aliphatic heterocycles. The second-order valence-electron chi connectivity index (χ2n) is 8.69. The number of methoxy groups -OCH3 is 2. The molecule has 0 bridgehead atoms. The van der Waals surface area contributed by atoms with E-state index in [1.165, 1.54) is 4.90 Å². The first-order valence-corrected chi connectivity index (χ1v) is 11.1. The zero-order valence-electron chi connectivity index (χ0n) is 20.0. The van der Waals surface area contributed by atoms with Gasteiger partial charge in [0.05, 0.1) is 37.7 Å². The fourth-order valence-electron chi connectivity index (χ4n) is 4.60. The van der Waals surface area contributed by atoms with E-state index >= 15 is 0 Å². The molecule has 2 aliphatic rings. The van der Waals surface area contributed by atoms with E-state index in [2.05, 4.69) is 0 Å². The molecule has 7 nitrogen and oxygen atoms in total. The Labute approximate surface area is 194 Å². The highest BCUT2D eigenvalue weighted by molar-refractivity contribution is 6.45. The van der Waals surface area contributed by atoms with Crippen LogP contribution in [0.1, 0.15) is 30.5 Å². The van der Waals surface area contributed by atoms with E-state index < -0.39 is 0 Å². The van der Waals surface area contributed by atoms with Crippen molar-refractivity contribution in [2.45, 2.75) is 39.9 Å². The Hall–Kier alpha value is -3.32. The van der Waals surface area contributed by atoms with Gasteiger partial charge in [0.25, 0.3) is 11.8 Å². The molecule has 2 aromatic carbocycles. The number of carbonyl (C=O) groups excluding carboxylic acids is 2. The Bertz CT molecular complexity index is 1130. The minimum Gasteiger partial charge on any atom is -0.493 e. The van der Waals surface area contributed by atoms with Crippen LogP contribution in [0.5, 0.6) is 11.5 Å². The predicted octanol–water partition coefficient (Wildman–Crippen LogP) is 3.71. The molecule has 33 heavy (non-hydrogen) atoms. The van der Waals surface area contributed by atoms with Crippen molar-refractivity contribution in [1.29, 1.82) is 0 Å². The first-order chi connectivity index (χ1) is 15.7. The maximum absolute atomic E-state index is 13.9. The maximum atomic E-state index is 13.9. The normalized spacial score (nSPS) is 21.2. The van der Waals surface area contributed by atoms with Crippen molar-refractivity contribution in [3.05, 3.63) is 58.8 Å². The molecule has 0 spiro atoms. The summed E-state index contributed by atoms with van der Waals surface area (Å²) in [5.74, 6) is 0.388. The van der Waals surface area contributed by atoms with E-state index in [4.69, 9.17) is 14.2 Å². The van der Waals surface area contributed by atoms with Crippen molar-refractivity contribution in [1.82, 2.24) is 4.90 Å². The molecule has 2 heterocycles. The molecule has 2 atom stereocenters. The third-order valence-electron chi connectivity index (χ3n) is 6.07. The van der Waals surface area contributed by atoms with Gasteiger partial charge in [-0.1, -0.05) is 18.2 Å². The van der Waals surface area contributed by atoms with E-state index in [-0.39, 0.29) is 24.0 Å². The Morgan fingerprint density at radius 3 is 2.18 bits per heavy atom. The lowest BCUT2D eigenvalue weighted by Gasteiger charge is -2.37. The second-order valence-corrected chi connectivity index (χ2v) is 8.69. The standard InChI is InChI=1S/C26H30N2O5/c1-15-7-8-16(2)20(11-15)28-25(29)23(19-9-10-21(31-5)22(12-19)32-6)24(26(28)30)27-13-17(3)33-18(4)14-27/h7-12,17-18H,13-14H2,1-6H3. The zero-order chi connectivity index (χ0) is 23.9. The molecule has 0 saturated carbocycles. The number of amides is 2. The summed E-state index contributed by atoms with van der Waals surface area (Å²) >= 11 is 0. The molecule has 1 fully saturated rings. The van der Waals surface area contributed by atoms with E-state index in [0.717, 1.165) is 11.1 Å². The molecular formula is C26H30N2O5. The van der Waals surface area contributed by atoms with Gasteiger partial charge in [0.1, 0.15) is 5.70 Å². The predicted molar refractivity (Wildman–Crippen MR) is 126 cm³/mol. The molecule has 2 unspecified atom stereocenters. The summed E-state index contributed by atoms with van der Waals surface area (Å²) in [7, 11) is 3.11. The van der Waals surface area contributed by atoms with Crippen LogP contribution >= 0.6 is 0 Å². The summed E-state index contributed by atoms with van der Waals surface area (Å²) < 4.78 is 16.7. The fourth-order valence-corrected chi connectivity index (χ4v) is 4.60. The van der Waals surface area contributed by atoms with Gasteiger partial charge in [-0.15, -0.1) is 0 Å². The van der Waals surface area contributed by atoms with Gasteiger partial charge in [0.2, 0.25) is 0 Å². The van der Waals surface area contributed by atoms with Gasteiger partial charge in [-0.05, 0) is 62.6 Å². The minimum absolute atomic E-state index is 0.0643. The minimum atomic E-state index is -0.345. The molecular weight excluding hydrogens is 420 g/mol. The van der Waals surface area contributed by atoms with E-state index in [0.29, 0.717) is 47.1 Å². The Kier molecular flexibility index (Phi) is 6.17. The lowest BCUT2D eigenvalue weighted by atomic mass is 10.0. The number of anilines is 1. The van der Waals surface area contributed by atoms with E-state index in [9.17, 15) is 9.59 Å². The molecule has 0 N–H and O–H groups in total. The number of ether oxygens (including phenoxy) is 3. The van der Waals surface area contributed by atoms with Gasteiger partial charge in [-0.2, -0.15) is 0 Å². The molecule has 2 amide bonds. The third kappa shape index (κ3) is 4.09. The monoisotopic (exact) mass is 450 g/mol. The lowest BCUT2D eigenvalue weighted by Crippen LogP contribution is -2.47. The van der Waals surface area contributed by atoms with E-state index in [1.54, 1.807) is 32.4 Å². The Balaban J connectivity index is 1.89. The zero-order valence-corrected chi connectivity index (χ0v) is 20.0. The number of imide groups is 1. The molecule has 0 aromatic heterocycles. The van der Waals surface area contributed by atoms with Gasteiger partial charge < -0.3 is 19.1 Å². The topological polar surface area (TPSA) is 68.3 Å². The molecule has 0 aliphatic carbocycles. The van der Waals surface area contributed by atoms with Crippen molar-refractivity contribution in [3.8, 4) is 11.5 Å². The lowest BCUT2D eigenvalue weighted by molar-refractivity contribution is -0.121. The second kappa shape index (κ2) is 8.90. The van der Waals surface area contributed by atoms with Crippen molar-refractivity contribution in [2.24, 2.45) is 0 Å². The number of rotatable bonds is 5. The van der Waals surface area contributed by atoms with Crippen LogP contribution < -0.4 is 14.4 Å². The first-order valence-electron chi connectivity index (χ1n) is 11.1. The summed E-state index contributed by atoms with van der Waals surface area (Å²) in [6.45, 7) is 8.85. The number of morpholine rings is 1. The van der Waals surface area contributed by atoms with Gasteiger partial charge in [-0.3, -0.25) is 9.59 Å². The number of hydrogen-bond donors (Lipinski definition) is 0. The maximum Gasteiger partial charge on any atom is 0.282 e. The van der Waals surface area contributed by atoms with Crippen LogP contribution in [-0.2, 0) is 14.3 Å². The number of benzene rings is 2. The average molecular weight is 451 g/mol. The van der Waals surface area contributed by atoms with Gasteiger partial charge >= 0.3 is 0 Å². The molecule has 174 valence electrons. The van der Waals surface area contributed by atoms with Crippen LogP contribution in [0.3, 0.4) is 0 Å². The van der Waals surface area contributed by atoms with Crippen LogP contribution in [-0.4, -0.2) is 56.2 Å². The molecule has 2 aromatic rings. The summed E-state index contributed by atoms with van der Waals surface area (Å²) in [4.78, 5) is 31.0. The Morgan fingerprint density at radius 2 is 1.55 bits per heavy atom. The number of carbonyl (C=O) groups is 2. The van der Waals surface area contributed by atoms with E-state index in [1.807, 2.05) is 50.8 Å². The Morgan fingerprint density at radius 1 is 0.879 bits per heavy atom. The first kappa shape index (κ1) is 22.9. The van der Waals surface area contributed by atoms with Crippen molar-refractivity contribution >= 4 is 23.1 Å². The third-order valence-corrected chi connectivity index (χ3v) is 6.07. The number of nitrogens with zero attached hydrogens (tertiary/aromatic N) is 2. The van der Waals surface area contributed by atoms with Crippen LogP contribution in [0.4, 0.5) is 5.69 Å². The largest absolute Gasteiger partial charge is 0.493 e. The van der Waals surface area contributed by atoms with Crippen molar-refractivity contribution in [3.63, 3.8) is 0 Å². The highest BCUT2D eigenvalue weighted by Crippen LogP contribution is 2.39. The number of hydrogen-bond acceptors (Lipinski definition) is 6. The quantitative estimate of drug-likeness (QED) is 0.647. The fraction of sp³-hybridized carbons (Fsp3) is 0.385. The van der Waals surface area contributed by atoms with Gasteiger partial charge in [0.15, 0.2) is 11.5 Å². The summed E-state index contributed by atoms with van der Waals surface area (Å²) in [6, 6.07) is 11.1. The highest BCUT2D eigenvalue weighted by atomic mass is 16.5. The van der Waals surface area contributed by atoms with Crippen molar-refractivity contribution < 1.29 is 23.8 Å². The van der Waals surface area contributed by atoms with Gasteiger partial charge in [-0.25, -0.2) is 4.90 Å². The summed E-state index contributed by atoms with van der Waals surface area (Å²) in [5, 5.41) is 0. The SMILES string of the molecule is COc1ccc(C2=C(N3CC(C)OC(C)C3)C(=O)N(c3cc(C)ccc3C)C2=O)cc1OC. The summed E-state index contributed by atoms with van der Waals surface area (Å²) in [6.07, 6.45) is -0.129. The van der Waals surface area contributed by atoms with Crippen LogP contribution in [0, 0.1) is 13.8 Å². The summed E-state index contributed by atoms with van der Waals surface area (Å²) in [5.41, 5.74) is 3.82. The van der Waals surface area contributed by atoms with Gasteiger partial charge in [0, 0.05) is 13.1 Å². The molecule has 0 radical (unpaired) electrons. The van der Waals surface area contributed by atoms with Crippen LogP contribution in [0.25, 0.3) is 5.57 Å². The average Bonchev–Trinajstić information content (AvgIpc) is 3.04. The number of aryl methyl sites for hydroxylation is 2. The molecule has 1 saturated heterocycles. The van der Waals surface area contributed by atoms with Crippen molar-refractivity contribution in [2.75, 3.05) is 32.2 Å². The van der Waals surface area contributed by atoms with Crippen LogP contribution in [0.15, 0.2) is 42.1 Å².